The molecule has 6 heteroatoms. The molecule has 1 unspecified atom stereocenters. The molecule has 1 fully saturated rings. The molecule has 0 saturated carbocycles. The quantitative estimate of drug-likeness (QED) is 0.754. The van der Waals surface area contributed by atoms with Gasteiger partial charge in [-0.05, 0) is 40.5 Å². The molecular formula is C12H22N2O4. The Morgan fingerprint density at radius 2 is 2.00 bits per heavy atom. The molecule has 1 aliphatic rings. The largest absolute Gasteiger partial charge is 0.465 e. The van der Waals surface area contributed by atoms with Gasteiger partial charge in [0.25, 0.3) is 0 Å². The number of nitrogens with one attached hydrogen (secondary N) is 1. The second kappa shape index (κ2) is 5.04. The first-order valence-electron chi connectivity index (χ1n) is 6.10. The highest BCUT2D eigenvalue weighted by molar-refractivity contribution is 5.69. The lowest BCUT2D eigenvalue weighted by Gasteiger charge is -2.39. The van der Waals surface area contributed by atoms with Gasteiger partial charge < -0.3 is 20.1 Å². The van der Waals surface area contributed by atoms with Gasteiger partial charge >= 0.3 is 12.2 Å². The number of amides is 2. The zero-order valence-electron chi connectivity index (χ0n) is 11.4. The molecule has 1 rings (SSSR count). The van der Waals surface area contributed by atoms with Crippen molar-refractivity contribution in [3.63, 3.8) is 0 Å². The highest BCUT2D eigenvalue weighted by atomic mass is 16.6. The number of rotatable bonds is 1. The summed E-state index contributed by atoms with van der Waals surface area (Å²) in [6.45, 7) is 8.02. The first-order valence-corrected chi connectivity index (χ1v) is 6.10. The third-order valence-corrected chi connectivity index (χ3v) is 2.77. The fourth-order valence-electron chi connectivity index (χ4n) is 2.05. The van der Waals surface area contributed by atoms with E-state index in [9.17, 15) is 9.59 Å². The van der Waals surface area contributed by atoms with Crippen LogP contribution >= 0.6 is 0 Å². The van der Waals surface area contributed by atoms with Crippen molar-refractivity contribution < 1.29 is 19.4 Å². The van der Waals surface area contributed by atoms with E-state index in [4.69, 9.17) is 9.84 Å². The summed E-state index contributed by atoms with van der Waals surface area (Å²) in [6.07, 6.45) is 0.0263. The third kappa shape index (κ3) is 4.43. The van der Waals surface area contributed by atoms with Crippen LogP contribution in [0.15, 0.2) is 0 Å². The van der Waals surface area contributed by atoms with Gasteiger partial charge in [0.2, 0.25) is 0 Å². The molecule has 0 aromatic carbocycles. The lowest BCUT2D eigenvalue weighted by atomic mass is 9.91. The number of carbonyl (C=O) groups excluding carboxylic acids is 1. The Hall–Kier alpha value is -1.46. The Bertz CT molecular complexity index is 337. The number of alkyl carbamates (subject to hydrolysis) is 1. The van der Waals surface area contributed by atoms with E-state index in [2.05, 4.69) is 5.32 Å². The topological polar surface area (TPSA) is 78.9 Å². The Balaban J connectivity index is 2.59. The van der Waals surface area contributed by atoms with Gasteiger partial charge in [-0.1, -0.05) is 0 Å². The lowest BCUT2D eigenvalue weighted by Crippen LogP contribution is -2.58. The van der Waals surface area contributed by atoms with Crippen molar-refractivity contribution in [2.45, 2.75) is 51.7 Å². The maximum absolute atomic E-state index is 11.7. The number of carboxylic acid groups (broad SMARTS) is 1. The van der Waals surface area contributed by atoms with E-state index in [-0.39, 0.29) is 0 Å². The van der Waals surface area contributed by atoms with Crippen molar-refractivity contribution in [2.75, 3.05) is 13.1 Å². The van der Waals surface area contributed by atoms with Gasteiger partial charge in [0, 0.05) is 13.1 Å². The minimum Gasteiger partial charge on any atom is -0.465 e. The number of hydrogen-bond donors (Lipinski definition) is 2. The van der Waals surface area contributed by atoms with Gasteiger partial charge in [-0.3, -0.25) is 0 Å². The zero-order valence-corrected chi connectivity index (χ0v) is 11.4. The third-order valence-electron chi connectivity index (χ3n) is 2.77. The van der Waals surface area contributed by atoms with Crippen LogP contribution in [0.5, 0.6) is 0 Å². The van der Waals surface area contributed by atoms with Gasteiger partial charge in [-0.15, -0.1) is 0 Å². The summed E-state index contributed by atoms with van der Waals surface area (Å²) >= 11 is 0. The summed E-state index contributed by atoms with van der Waals surface area (Å²) in [4.78, 5) is 24.0. The summed E-state index contributed by atoms with van der Waals surface area (Å²) in [6, 6.07) is 0. The second-order valence-electron chi connectivity index (χ2n) is 6.00. The molecule has 2 amide bonds. The maximum atomic E-state index is 11.7. The Morgan fingerprint density at radius 1 is 1.39 bits per heavy atom. The molecule has 0 aromatic rings. The maximum Gasteiger partial charge on any atom is 0.408 e. The first kappa shape index (κ1) is 14.6. The molecule has 0 radical (unpaired) electrons. The molecule has 0 spiro atoms. The van der Waals surface area contributed by atoms with Crippen LogP contribution in [0.4, 0.5) is 9.59 Å². The summed E-state index contributed by atoms with van der Waals surface area (Å²) in [5.41, 5.74) is -1.11. The van der Waals surface area contributed by atoms with E-state index in [1.165, 1.54) is 4.90 Å². The van der Waals surface area contributed by atoms with Gasteiger partial charge in [-0.2, -0.15) is 0 Å². The van der Waals surface area contributed by atoms with Crippen LogP contribution in [-0.2, 0) is 4.74 Å². The molecule has 6 nitrogen and oxygen atoms in total. The van der Waals surface area contributed by atoms with Crippen LogP contribution in [-0.4, -0.2) is 46.4 Å². The number of hydrogen-bond acceptors (Lipinski definition) is 3. The summed E-state index contributed by atoms with van der Waals surface area (Å²) in [7, 11) is 0. The Kier molecular flexibility index (Phi) is 4.09. The average Bonchev–Trinajstić information content (AvgIpc) is 2.12. The fourth-order valence-corrected chi connectivity index (χ4v) is 2.05. The standard InChI is InChI=1S/C12H22N2O4/c1-11(2,3)18-9(15)13-12(4)6-5-7-14(8-12)10(16)17/h5-8H2,1-4H3,(H,13,15)(H,16,17). The monoisotopic (exact) mass is 258 g/mol. The molecule has 1 aliphatic heterocycles. The summed E-state index contributed by atoms with van der Waals surface area (Å²) in [5.74, 6) is 0. The van der Waals surface area contributed by atoms with Gasteiger partial charge in [0.05, 0.1) is 5.54 Å². The second-order valence-corrected chi connectivity index (χ2v) is 6.00. The molecule has 0 aliphatic carbocycles. The molecule has 1 saturated heterocycles. The molecular weight excluding hydrogens is 236 g/mol. The molecule has 18 heavy (non-hydrogen) atoms. The highest BCUT2D eigenvalue weighted by Gasteiger charge is 2.35. The lowest BCUT2D eigenvalue weighted by molar-refractivity contribution is 0.0386. The van der Waals surface area contributed by atoms with Gasteiger partial charge in [-0.25, -0.2) is 9.59 Å². The van der Waals surface area contributed by atoms with Crippen LogP contribution in [0.1, 0.15) is 40.5 Å². The van der Waals surface area contributed by atoms with E-state index in [1.807, 2.05) is 6.92 Å². The van der Waals surface area contributed by atoms with Gasteiger partial charge in [0.1, 0.15) is 5.60 Å². The number of piperidine rings is 1. The average molecular weight is 258 g/mol. The zero-order chi connectivity index (χ0) is 14.0. The minimum atomic E-state index is -0.952. The highest BCUT2D eigenvalue weighted by Crippen LogP contribution is 2.21. The van der Waals surface area contributed by atoms with Gasteiger partial charge in [0.15, 0.2) is 0 Å². The summed E-state index contributed by atoms with van der Waals surface area (Å²) in [5, 5.41) is 11.7. The molecule has 0 aromatic heterocycles. The van der Waals surface area contributed by atoms with Crippen LogP contribution < -0.4 is 5.32 Å². The minimum absolute atomic E-state index is 0.293. The van der Waals surface area contributed by atoms with Crippen LogP contribution in [0.2, 0.25) is 0 Å². The predicted molar refractivity (Wildman–Crippen MR) is 66.6 cm³/mol. The van der Waals surface area contributed by atoms with E-state index in [0.29, 0.717) is 13.1 Å². The van der Waals surface area contributed by atoms with Crippen molar-refractivity contribution >= 4 is 12.2 Å². The molecule has 2 N–H and O–H groups in total. The van der Waals surface area contributed by atoms with Crippen molar-refractivity contribution in [1.29, 1.82) is 0 Å². The van der Waals surface area contributed by atoms with Crippen LogP contribution in [0, 0.1) is 0 Å². The van der Waals surface area contributed by atoms with E-state index in [1.54, 1.807) is 20.8 Å². The predicted octanol–water partition coefficient (Wildman–Crippen LogP) is 2.04. The number of nitrogens with zero attached hydrogens (tertiary/aromatic N) is 1. The van der Waals surface area contributed by atoms with Crippen molar-refractivity contribution in [3.8, 4) is 0 Å². The Morgan fingerprint density at radius 3 is 2.50 bits per heavy atom. The van der Waals surface area contributed by atoms with Crippen molar-refractivity contribution in [1.82, 2.24) is 10.2 Å². The first-order chi connectivity index (χ1) is 8.11. The number of ether oxygens (including phenoxy) is 1. The van der Waals surface area contributed by atoms with Crippen LogP contribution in [0.25, 0.3) is 0 Å². The number of carbonyl (C=O) groups is 2. The fraction of sp³-hybridized carbons (Fsp3) is 0.833. The van der Waals surface area contributed by atoms with E-state index < -0.39 is 23.3 Å². The van der Waals surface area contributed by atoms with E-state index in [0.717, 1.165) is 12.8 Å². The molecule has 0 bridgehead atoms. The summed E-state index contributed by atoms with van der Waals surface area (Å²) < 4.78 is 5.19. The normalized spacial score (nSPS) is 24.6. The molecule has 1 heterocycles. The SMILES string of the molecule is CC1(NC(=O)OC(C)(C)C)CCCN(C(=O)O)C1. The smallest absolute Gasteiger partial charge is 0.408 e. The van der Waals surface area contributed by atoms with Crippen molar-refractivity contribution in [3.05, 3.63) is 0 Å². The molecule has 104 valence electrons. The number of likely N-dealkylation sites (tertiary alicyclic amines) is 1. The Labute approximate surface area is 107 Å². The van der Waals surface area contributed by atoms with E-state index >= 15 is 0 Å². The molecule has 1 atom stereocenters. The van der Waals surface area contributed by atoms with Crippen molar-refractivity contribution in [2.24, 2.45) is 0 Å². The van der Waals surface area contributed by atoms with Crippen LogP contribution in [0.3, 0.4) is 0 Å².